The number of hydrogen-bond acceptors (Lipinski definition) is 3. The summed E-state index contributed by atoms with van der Waals surface area (Å²) < 4.78 is 26.3. The zero-order valence-corrected chi connectivity index (χ0v) is 9.73. The quantitative estimate of drug-likeness (QED) is 0.653. The number of rotatable bonds is 2. The Morgan fingerprint density at radius 3 is 2.28 bits per heavy atom. The average Bonchev–Trinajstić information content (AvgIpc) is 2.33. The highest BCUT2D eigenvalue weighted by Crippen LogP contribution is 2.44. The van der Waals surface area contributed by atoms with Crippen LogP contribution in [-0.4, -0.2) is 10.8 Å². The van der Waals surface area contributed by atoms with Crippen molar-refractivity contribution in [2.75, 3.05) is 0 Å². The van der Waals surface area contributed by atoms with Gasteiger partial charge in [-0.25, -0.2) is 8.78 Å². The van der Waals surface area contributed by atoms with Crippen LogP contribution in [0.3, 0.4) is 0 Å². The number of hydrogen-bond donors (Lipinski definition) is 1. The van der Waals surface area contributed by atoms with Crippen molar-refractivity contribution in [3.8, 4) is 0 Å². The first-order valence-corrected chi connectivity index (χ1v) is 5.75. The van der Waals surface area contributed by atoms with E-state index in [1.54, 1.807) is 18.2 Å². The monoisotopic (exact) mass is 256 g/mol. The molecular formula is C12H14F2N2O2. The first kappa shape index (κ1) is 12.9. The number of nitro groups is 1. The Morgan fingerprint density at radius 1 is 1.17 bits per heavy atom. The third-order valence-electron chi connectivity index (χ3n) is 3.51. The molecule has 1 aromatic rings. The number of nitrogens with zero attached hydrogens (tertiary/aromatic N) is 1. The standard InChI is InChI=1S/C12H14F2N2O2/c13-12(14)7-5-11(15,6-8-12)9-3-1-2-4-10(9)16(17)18/h1-4H,5-8,15H2. The van der Waals surface area contributed by atoms with Gasteiger partial charge in [0.15, 0.2) is 0 Å². The lowest BCUT2D eigenvalue weighted by Crippen LogP contribution is -2.43. The number of alkyl halides is 2. The largest absolute Gasteiger partial charge is 0.321 e. The summed E-state index contributed by atoms with van der Waals surface area (Å²) in [4.78, 5) is 10.4. The van der Waals surface area contributed by atoms with Crippen molar-refractivity contribution in [2.24, 2.45) is 5.73 Å². The molecule has 0 atom stereocenters. The number of nitrogens with two attached hydrogens (primary N) is 1. The zero-order valence-electron chi connectivity index (χ0n) is 9.73. The smallest absolute Gasteiger partial charge is 0.274 e. The number of nitro benzene ring substituents is 1. The van der Waals surface area contributed by atoms with E-state index in [4.69, 9.17) is 5.73 Å². The molecule has 2 N–H and O–H groups in total. The Labute approximate surface area is 103 Å². The van der Waals surface area contributed by atoms with Crippen molar-refractivity contribution in [3.63, 3.8) is 0 Å². The predicted octanol–water partition coefficient (Wildman–Crippen LogP) is 2.96. The van der Waals surface area contributed by atoms with Crippen LogP contribution in [0.4, 0.5) is 14.5 Å². The number of para-hydroxylation sites is 1. The van der Waals surface area contributed by atoms with Crippen molar-refractivity contribution < 1.29 is 13.7 Å². The van der Waals surface area contributed by atoms with Gasteiger partial charge in [-0.05, 0) is 12.8 Å². The zero-order chi connectivity index (χ0) is 13.4. The maximum absolute atomic E-state index is 13.1. The summed E-state index contributed by atoms with van der Waals surface area (Å²) in [5, 5.41) is 10.9. The second kappa shape index (κ2) is 4.28. The lowest BCUT2D eigenvalue weighted by Gasteiger charge is -2.37. The van der Waals surface area contributed by atoms with Gasteiger partial charge in [-0.1, -0.05) is 18.2 Å². The average molecular weight is 256 g/mol. The van der Waals surface area contributed by atoms with Gasteiger partial charge in [-0.15, -0.1) is 0 Å². The fraction of sp³-hybridized carbons (Fsp3) is 0.500. The molecule has 2 rings (SSSR count). The van der Waals surface area contributed by atoms with E-state index in [-0.39, 0.29) is 31.4 Å². The molecule has 0 aliphatic heterocycles. The highest BCUT2D eigenvalue weighted by atomic mass is 19.3. The molecule has 18 heavy (non-hydrogen) atoms. The number of benzene rings is 1. The minimum atomic E-state index is -2.70. The topological polar surface area (TPSA) is 69.2 Å². The van der Waals surface area contributed by atoms with Gasteiger partial charge >= 0.3 is 0 Å². The molecule has 1 aliphatic carbocycles. The molecule has 0 heterocycles. The Bertz CT molecular complexity index is 467. The van der Waals surface area contributed by atoms with Crippen molar-refractivity contribution >= 4 is 5.69 Å². The summed E-state index contributed by atoms with van der Waals surface area (Å²) in [7, 11) is 0. The van der Waals surface area contributed by atoms with Crippen LogP contribution in [0.5, 0.6) is 0 Å². The Kier molecular flexibility index (Phi) is 3.06. The summed E-state index contributed by atoms with van der Waals surface area (Å²) >= 11 is 0. The van der Waals surface area contributed by atoms with Gasteiger partial charge in [0, 0.05) is 30.0 Å². The van der Waals surface area contributed by atoms with Crippen LogP contribution in [0.1, 0.15) is 31.2 Å². The van der Waals surface area contributed by atoms with E-state index in [0.717, 1.165) is 0 Å². The fourth-order valence-corrected chi connectivity index (χ4v) is 2.39. The molecule has 0 spiro atoms. The maximum atomic E-state index is 13.1. The molecule has 1 aromatic carbocycles. The Hall–Kier alpha value is -1.56. The molecule has 0 amide bonds. The van der Waals surface area contributed by atoms with E-state index >= 15 is 0 Å². The van der Waals surface area contributed by atoms with Gasteiger partial charge in [0.1, 0.15) is 0 Å². The van der Waals surface area contributed by atoms with E-state index in [1.807, 2.05) is 0 Å². The first-order chi connectivity index (χ1) is 8.34. The molecule has 0 saturated heterocycles. The van der Waals surface area contributed by atoms with Crippen LogP contribution < -0.4 is 5.73 Å². The molecule has 0 bridgehead atoms. The van der Waals surface area contributed by atoms with Crippen molar-refractivity contribution in [1.82, 2.24) is 0 Å². The molecule has 1 aliphatic rings. The summed E-state index contributed by atoms with van der Waals surface area (Å²) in [5.74, 6) is -2.70. The molecule has 0 aromatic heterocycles. The van der Waals surface area contributed by atoms with Crippen molar-refractivity contribution in [1.29, 1.82) is 0 Å². The van der Waals surface area contributed by atoms with Crippen LogP contribution in [0.15, 0.2) is 24.3 Å². The van der Waals surface area contributed by atoms with Crippen LogP contribution in [0.25, 0.3) is 0 Å². The minimum Gasteiger partial charge on any atom is -0.321 e. The van der Waals surface area contributed by atoms with Crippen LogP contribution in [0, 0.1) is 10.1 Å². The molecule has 6 heteroatoms. The highest BCUT2D eigenvalue weighted by molar-refractivity contribution is 5.44. The normalized spacial score (nSPS) is 21.5. The lowest BCUT2D eigenvalue weighted by atomic mass is 9.75. The Balaban J connectivity index is 2.34. The van der Waals surface area contributed by atoms with Gasteiger partial charge in [0.25, 0.3) is 5.69 Å². The van der Waals surface area contributed by atoms with Crippen molar-refractivity contribution in [2.45, 2.75) is 37.1 Å². The molecular weight excluding hydrogens is 242 g/mol. The molecule has 1 fully saturated rings. The van der Waals surface area contributed by atoms with E-state index in [0.29, 0.717) is 5.56 Å². The molecule has 98 valence electrons. The lowest BCUT2D eigenvalue weighted by molar-refractivity contribution is -0.386. The van der Waals surface area contributed by atoms with Gasteiger partial charge < -0.3 is 5.73 Å². The van der Waals surface area contributed by atoms with Crippen LogP contribution in [-0.2, 0) is 5.54 Å². The summed E-state index contributed by atoms with van der Waals surface area (Å²) in [6.07, 6.45) is -0.527. The Morgan fingerprint density at radius 2 is 1.72 bits per heavy atom. The first-order valence-electron chi connectivity index (χ1n) is 5.75. The van der Waals surface area contributed by atoms with Gasteiger partial charge in [0.05, 0.1) is 4.92 Å². The van der Waals surface area contributed by atoms with Crippen molar-refractivity contribution in [3.05, 3.63) is 39.9 Å². The van der Waals surface area contributed by atoms with E-state index < -0.39 is 16.4 Å². The molecule has 0 unspecified atom stereocenters. The molecule has 1 saturated carbocycles. The van der Waals surface area contributed by atoms with Crippen LogP contribution >= 0.6 is 0 Å². The molecule has 0 radical (unpaired) electrons. The SMILES string of the molecule is NC1(c2ccccc2[N+](=O)[O-])CCC(F)(F)CC1. The summed E-state index contributed by atoms with van der Waals surface area (Å²) in [6, 6.07) is 6.10. The second-order valence-corrected chi connectivity index (χ2v) is 4.79. The van der Waals surface area contributed by atoms with Gasteiger partial charge in [-0.3, -0.25) is 10.1 Å². The predicted molar refractivity (Wildman–Crippen MR) is 62.4 cm³/mol. The van der Waals surface area contributed by atoms with Gasteiger partial charge in [0.2, 0.25) is 5.92 Å². The van der Waals surface area contributed by atoms with E-state index in [9.17, 15) is 18.9 Å². The number of halogens is 2. The van der Waals surface area contributed by atoms with E-state index in [1.165, 1.54) is 6.07 Å². The molecule has 4 nitrogen and oxygen atoms in total. The van der Waals surface area contributed by atoms with Crippen LogP contribution in [0.2, 0.25) is 0 Å². The second-order valence-electron chi connectivity index (χ2n) is 4.79. The minimum absolute atomic E-state index is 0.0604. The van der Waals surface area contributed by atoms with Gasteiger partial charge in [-0.2, -0.15) is 0 Å². The maximum Gasteiger partial charge on any atom is 0.274 e. The summed E-state index contributed by atoms with van der Waals surface area (Å²) in [6.45, 7) is 0. The fourth-order valence-electron chi connectivity index (χ4n) is 2.39. The third kappa shape index (κ3) is 2.33. The third-order valence-corrected chi connectivity index (χ3v) is 3.51. The highest BCUT2D eigenvalue weighted by Gasteiger charge is 2.44. The summed E-state index contributed by atoms with van der Waals surface area (Å²) in [5.41, 5.74) is 5.34. The van der Waals surface area contributed by atoms with E-state index in [2.05, 4.69) is 0 Å².